The highest BCUT2D eigenvalue weighted by Crippen LogP contribution is 2.49. The van der Waals surface area contributed by atoms with Crippen LogP contribution in [0.4, 0.5) is 10.5 Å². The lowest BCUT2D eigenvalue weighted by molar-refractivity contribution is -0.162. The van der Waals surface area contributed by atoms with Gasteiger partial charge in [0.1, 0.15) is 40.7 Å². The van der Waals surface area contributed by atoms with Crippen LogP contribution in [0, 0.1) is 5.92 Å². The summed E-state index contributed by atoms with van der Waals surface area (Å²) in [6, 6.07) is 2.63. The number of amides is 3. The summed E-state index contributed by atoms with van der Waals surface area (Å²) in [6.07, 6.45) is 3.89. The van der Waals surface area contributed by atoms with Crippen molar-refractivity contribution in [3.05, 3.63) is 46.5 Å². The first-order valence-electron chi connectivity index (χ1n) is 17.9. The number of epoxide rings is 1. The number of esters is 1. The van der Waals surface area contributed by atoms with Crippen LogP contribution in [-0.4, -0.2) is 115 Å². The van der Waals surface area contributed by atoms with Crippen molar-refractivity contribution in [1.29, 1.82) is 0 Å². The molecule has 3 heterocycles. The number of benzene rings is 1. The average Bonchev–Trinajstić information content (AvgIpc) is 3.82. The van der Waals surface area contributed by atoms with Gasteiger partial charge in [-0.2, -0.15) is 0 Å². The normalized spacial score (nSPS) is 31.4. The molecule has 2 fully saturated rings. The lowest BCUT2D eigenvalue weighted by Crippen LogP contribution is -2.63. The molecule has 0 radical (unpaired) electrons. The van der Waals surface area contributed by atoms with Gasteiger partial charge in [0.2, 0.25) is 11.8 Å². The van der Waals surface area contributed by atoms with E-state index in [2.05, 4.69) is 5.32 Å². The second kappa shape index (κ2) is 18.3. The van der Waals surface area contributed by atoms with Crippen LogP contribution in [0.1, 0.15) is 65.9 Å². The van der Waals surface area contributed by atoms with Crippen LogP contribution in [-0.2, 0) is 39.8 Å². The van der Waals surface area contributed by atoms with Crippen molar-refractivity contribution in [3.8, 4) is 5.75 Å². The molecule has 13 nitrogen and oxygen atoms in total. The van der Waals surface area contributed by atoms with Gasteiger partial charge in [-0.05, 0) is 57.6 Å². The second-order valence-electron chi connectivity index (χ2n) is 14.5. The standard InChI is InChI=1S/C38H54ClN3O10S2/c1-21-12-11-13-29(49-9)38(47)20-28(50-36(46)40-38)23(3)34-37(5,52-34)30(51-35(45)24(4)41(6)31(43)15-14-22(2)54-53-10)19-32(44)42(7)26-17-25(16-21)18-27(48-8)33(26)39/h11-13,17-18,22-24,28-30,34,47H,14-16,19-20H2,1-10H3,(H,40,46)/b13-11+,21-12+/t22?,23-,24+,28+,29-,30+,34+,37+,38+/m1/s1. The quantitative estimate of drug-likeness (QED) is 0.169. The largest absolute Gasteiger partial charge is 0.495 e. The van der Waals surface area contributed by atoms with Crippen molar-refractivity contribution in [1.82, 2.24) is 10.2 Å². The summed E-state index contributed by atoms with van der Waals surface area (Å²) < 4.78 is 29.3. The molecule has 54 heavy (non-hydrogen) atoms. The SMILES string of the molecule is COc1cc2cc(c1Cl)N(C)C(=O)C[C@H](OC(=O)[C@H](C)N(C)C(=O)CCC(C)SSC)[C@]1(C)O[C@H]1[C@H](C)[C@@H]1C[C@@](O)(NC(=O)O1)[C@H](OC)/C=C/C=C(\C)C2. The molecule has 0 aromatic heterocycles. The fraction of sp³-hybridized carbons (Fsp3) is 0.632. The van der Waals surface area contributed by atoms with E-state index in [0.29, 0.717) is 24.3 Å². The van der Waals surface area contributed by atoms with Crippen molar-refractivity contribution in [3.63, 3.8) is 0 Å². The molecule has 3 aliphatic rings. The van der Waals surface area contributed by atoms with Crippen LogP contribution in [0.25, 0.3) is 0 Å². The van der Waals surface area contributed by atoms with Gasteiger partial charge in [0, 0.05) is 45.2 Å². The van der Waals surface area contributed by atoms with Gasteiger partial charge in [-0.15, -0.1) is 0 Å². The van der Waals surface area contributed by atoms with E-state index in [1.807, 2.05) is 33.1 Å². The van der Waals surface area contributed by atoms with Gasteiger partial charge in [-0.3, -0.25) is 14.9 Å². The van der Waals surface area contributed by atoms with Crippen molar-refractivity contribution in [2.75, 3.05) is 39.5 Å². The summed E-state index contributed by atoms with van der Waals surface area (Å²) >= 11 is 6.77. The minimum absolute atomic E-state index is 0.0460. The molecule has 300 valence electrons. The maximum absolute atomic E-state index is 14.2. The van der Waals surface area contributed by atoms with Gasteiger partial charge in [-0.25, -0.2) is 9.59 Å². The summed E-state index contributed by atoms with van der Waals surface area (Å²) in [4.78, 5) is 56.7. The van der Waals surface area contributed by atoms with E-state index in [1.165, 1.54) is 24.0 Å². The Morgan fingerprint density at radius 2 is 1.94 bits per heavy atom. The fourth-order valence-corrected chi connectivity index (χ4v) is 9.06. The summed E-state index contributed by atoms with van der Waals surface area (Å²) in [5, 5.41) is 14.8. The number of aliphatic hydroxyl groups is 1. The van der Waals surface area contributed by atoms with Crippen LogP contribution in [0.5, 0.6) is 5.75 Å². The van der Waals surface area contributed by atoms with E-state index >= 15 is 0 Å². The predicted octanol–water partition coefficient (Wildman–Crippen LogP) is 5.69. The molecule has 2 saturated heterocycles. The Balaban J connectivity index is 1.72. The Morgan fingerprint density at radius 3 is 2.59 bits per heavy atom. The maximum atomic E-state index is 14.2. The molecular formula is C38H54ClN3O10S2. The number of likely N-dealkylation sites (N-methyl/N-ethyl adjacent to an activating group) is 1. The van der Waals surface area contributed by atoms with Crippen LogP contribution in [0.2, 0.25) is 5.02 Å². The highest BCUT2D eigenvalue weighted by Gasteiger charge is 2.64. The second-order valence-corrected chi connectivity index (χ2v) is 17.8. The Morgan fingerprint density at radius 1 is 1.24 bits per heavy atom. The molecule has 0 spiro atoms. The predicted molar refractivity (Wildman–Crippen MR) is 211 cm³/mol. The monoisotopic (exact) mass is 811 g/mol. The summed E-state index contributed by atoms with van der Waals surface area (Å²) in [7, 11) is 9.38. The first-order chi connectivity index (χ1) is 25.4. The maximum Gasteiger partial charge on any atom is 0.409 e. The molecule has 1 unspecified atom stereocenters. The molecule has 1 aromatic rings. The van der Waals surface area contributed by atoms with Gasteiger partial charge in [0.05, 0.1) is 25.3 Å². The van der Waals surface area contributed by atoms with Crippen molar-refractivity contribution in [2.45, 2.75) is 114 Å². The Kier molecular flexibility index (Phi) is 14.9. The van der Waals surface area contributed by atoms with E-state index in [9.17, 15) is 24.3 Å². The van der Waals surface area contributed by atoms with Crippen molar-refractivity contribution >= 4 is 62.8 Å². The summed E-state index contributed by atoms with van der Waals surface area (Å²) in [6.45, 7) is 9.09. The lowest BCUT2D eigenvalue weighted by atomic mass is 9.83. The van der Waals surface area contributed by atoms with Gasteiger partial charge >= 0.3 is 12.1 Å². The summed E-state index contributed by atoms with van der Waals surface area (Å²) in [5.41, 5.74) is -0.890. The number of nitrogens with one attached hydrogen (secondary N) is 1. The van der Waals surface area contributed by atoms with E-state index in [0.717, 1.165) is 11.1 Å². The number of methoxy groups -OCH3 is 2. The fourth-order valence-electron chi connectivity index (χ4n) is 6.93. The molecule has 0 aliphatic carbocycles. The van der Waals surface area contributed by atoms with Gasteiger partial charge < -0.3 is 38.6 Å². The molecule has 3 aliphatic heterocycles. The van der Waals surface area contributed by atoms with Crippen LogP contribution in [0.3, 0.4) is 0 Å². The molecule has 9 atom stereocenters. The molecule has 3 amide bonds. The number of anilines is 1. The van der Waals surface area contributed by atoms with Crippen LogP contribution < -0.4 is 15.0 Å². The molecule has 4 bridgehead atoms. The highest BCUT2D eigenvalue weighted by atomic mass is 35.5. The zero-order valence-corrected chi connectivity index (χ0v) is 35.1. The van der Waals surface area contributed by atoms with E-state index in [-0.39, 0.29) is 35.4 Å². The lowest BCUT2D eigenvalue weighted by Gasteiger charge is -2.42. The Bertz CT molecular complexity index is 1630. The molecular weight excluding hydrogens is 758 g/mol. The minimum Gasteiger partial charge on any atom is -0.495 e. The Labute approximate surface area is 331 Å². The number of carbonyl (C=O) groups is 4. The molecule has 0 saturated carbocycles. The third kappa shape index (κ3) is 10.1. The van der Waals surface area contributed by atoms with E-state index < -0.39 is 65.7 Å². The first kappa shape index (κ1) is 43.8. The van der Waals surface area contributed by atoms with Crippen LogP contribution in [0.15, 0.2) is 35.9 Å². The number of rotatable bonds is 10. The number of halogens is 1. The third-order valence-corrected chi connectivity index (χ3v) is 13.2. The van der Waals surface area contributed by atoms with E-state index in [1.54, 1.807) is 73.8 Å². The minimum atomic E-state index is -1.82. The van der Waals surface area contributed by atoms with Gasteiger partial charge in [0.15, 0.2) is 5.72 Å². The Hall–Kier alpha value is -2.95. The van der Waals surface area contributed by atoms with Crippen LogP contribution >= 0.6 is 33.2 Å². The average molecular weight is 812 g/mol. The third-order valence-electron chi connectivity index (χ3n) is 10.5. The topological polar surface area (TPSA) is 156 Å². The molecule has 16 heteroatoms. The number of carbonyl (C=O) groups excluding carboxylic acids is 4. The molecule has 1 aromatic carbocycles. The molecule has 4 rings (SSSR count). The number of hydrogen-bond acceptors (Lipinski definition) is 12. The number of alkyl carbamates (subject to hydrolysis) is 1. The number of ether oxygens (including phenoxy) is 5. The zero-order chi connectivity index (χ0) is 40.1. The number of allylic oxidation sites excluding steroid dienone is 3. The van der Waals surface area contributed by atoms with Gasteiger partial charge in [-0.1, -0.05) is 70.8 Å². The zero-order valence-electron chi connectivity index (χ0n) is 32.7. The number of nitrogens with zero attached hydrogens (tertiary/aromatic N) is 2. The highest BCUT2D eigenvalue weighted by molar-refractivity contribution is 8.76. The smallest absolute Gasteiger partial charge is 0.409 e. The van der Waals surface area contributed by atoms with Crippen molar-refractivity contribution < 1.29 is 48.0 Å². The van der Waals surface area contributed by atoms with Crippen molar-refractivity contribution in [2.24, 2.45) is 5.92 Å². The number of hydrogen-bond donors (Lipinski definition) is 2. The summed E-state index contributed by atoms with van der Waals surface area (Å²) in [5.74, 6) is -1.48. The van der Waals surface area contributed by atoms with Gasteiger partial charge in [0.25, 0.3) is 0 Å². The molecule has 2 N–H and O–H groups in total. The van der Waals surface area contributed by atoms with E-state index in [4.69, 9.17) is 35.3 Å². The first-order valence-corrected chi connectivity index (χ1v) is 20.9. The number of fused-ring (bicyclic) bond motifs is 5.